The van der Waals surface area contributed by atoms with Crippen LogP contribution in [-0.4, -0.2) is 31.8 Å². The monoisotopic (exact) mass is 349 g/mol. The first kappa shape index (κ1) is 15.6. The van der Waals surface area contributed by atoms with Crippen molar-refractivity contribution in [1.82, 2.24) is 24.7 Å². The molecule has 0 saturated carbocycles. The van der Waals surface area contributed by atoms with E-state index in [9.17, 15) is 0 Å². The number of hydrogen-bond acceptors (Lipinski definition) is 8. The predicted octanol–water partition coefficient (Wildman–Crippen LogP) is 2.65. The van der Waals surface area contributed by atoms with E-state index in [0.29, 0.717) is 17.5 Å². The molecule has 9 heteroatoms. The lowest BCUT2D eigenvalue weighted by Crippen LogP contribution is -2.02. The van der Waals surface area contributed by atoms with Gasteiger partial charge in [0.1, 0.15) is 5.75 Å². The summed E-state index contributed by atoms with van der Waals surface area (Å²) in [6, 6.07) is 9.14. The van der Waals surface area contributed by atoms with Gasteiger partial charge in [-0.3, -0.25) is 4.98 Å². The standard InChI is InChI=1S/C17H15N7O2/c1-25-14-8-11(2-3-13(14)15-9-20-10-26-15)21-17-22-16(18)24(23-17)12-4-6-19-7-5-12/h2-10H,1H3,(H3,18,21,22,23). The number of nitrogens with one attached hydrogen (secondary N) is 1. The van der Waals surface area contributed by atoms with Gasteiger partial charge < -0.3 is 20.2 Å². The van der Waals surface area contributed by atoms with Crippen molar-refractivity contribution < 1.29 is 9.15 Å². The lowest BCUT2D eigenvalue weighted by Gasteiger charge is -2.09. The molecule has 0 saturated heterocycles. The number of anilines is 3. The number of rotatable bonds is 5. The Bertz CT molecular complexity index is 1010. The highest BCUT2D eigenvalue weighted by atomic mass is 16.5. The van der Waals surface area contributed by atoms with Crippen LogP contribution in [0.15, 0.2) is 59.7 Å². The minimum atomic E-state index is 0.268. The van der Waals surface area contributed by atoms with Crippen molar-refractivity contribution in [2.24, 2.45) is 0 Å². The summed E-state index contributed by atoms with van der Waals surface area (Å²) in [5, 5.41) is 7.49. The summed E-state index contributed by atoms with van der Waals surface area (Å²) in [7, 11) is 1.59. The Morgan fingerprint density at radius 3 is 2.73 bits per heavy atom. The molecule has 0 fully saturated rings. The molecule has 0 aliphatic carbocycles. The molecule has 4 aromatic rings. The van der Waals surface area contributed by atoms with E-state index in [1.807, 2.05) is 18.2 Å². The Morgan fingerprint density at radius 1 is 1.15 bits per heavy atom. The van der Waals surface area contributed by atoms with E-state index < -0.39 is 0 Å². The molecule has 3 aromatic heterocycles. The summed E-state index contributed by atoms with van der Waals surface area (Å²) < 4.78 is 12.3. The van der Waals surface area contributed by atoms with Crippen molar-refractivity contribution in [1.29, 1.82) is 0 Å². The van der Waals surface area contributed by atoms with Gasteiger partial charge in [-0.1, -0.05) is 0 Å². The number of pyridine rings is 1. The number of nitrogen functional groups attached to an aromatic ring is 1. The van der Waals surface area contributed by atoms with E-state index in [4.69, 9.17) is 14.9 Å². The molecular formula is C17H15N7O2. The number of methoxy groups -OCH3 is 1. The molecule has 0 radical (unpaired) electrons. The Labute approximate surface area is 148 Å². The van der Waals surface area contributed by atoms with E-state index in [1.54, 1.807) is 37.8 Å². The molecule has 4 rings (SSSR count). The van der Waals surface area contributed by atoms with Crippen LogP contribution in [0.5, 0.6) is 5.75 Å². The van der Waals surface area contributed by atoms with Gasteiger partial charge in [0.05, 0.1) is 24.6 Å². The zero-order valence-electron chi connectivity index (χ0n) is 13.8. The molecule has 0 spiro atoms. The molecule has 9 nitrogen and oxygen atoms in total. The van der Waals surface area contributed by atoms with Crippen molar-refractivity contribution in [3.63, 3.8) is 0 Å². The summed E-state index contributed by atoms with van der Waals surface area (Å²) >= 11 is 0. The van der Waals surface area contributed by atoms with E-state index in [2.05, 4.69) is 25.4 Å². The average molecular weight is 349 g/mol. The first-order chi connectivity index (χ1) is 12.7. The minimum absolute atomic E-state index is 0.268. The maximum Gasteiger partial charge on any atom is 0.248 e. The molecule has 0 aliphatic rings. The van der Waals surface area contributed by atoms with Gasteiger partial charge in [0, 0.05) is 24.1 Å². The van der Waals surface area contributed by atoms with E-state index >= 15 is 0 Å². The van der Waals surface area contributed by atoms with E-state index in [-0.39, 0.29) is 5.95 Å². The lowest BCUT2D eigenvalue weighted by molar-refractivity contribution is 0.415. The normalized spacial score (nSPS) is 10.7. The summed E-state index contributed by atoms with van der Waals surface area (Å²) in [4.78, 5) is 12.1. The Hall–Kier alpha value is -3.88. The van der Waals surface area contributed by atoms with Crippen LogP contribution >= 0.6 is 0 Å². The fraction of sp³-hybridized carbons (Fsp3) is 0.0588. The zero-order chi connectivity index (χ0) is 17.9. The summed E-state index contributed by atoms with van der Waals surface area (Å²) in [5.41, 5.74) is 8.27. The maximum atomic E-state index is 5.96. The van der Waals surface area contributed by atoms with Crippen LogP contribution in [0.2, 0.25) is 0 Å². The Kier molecular flexibility index (Phi) is 3.94. The second-order valence-electron chi connectivity index (χ2n) is 5.32. The van der Waals surface area contributed by atoms with Crippen LogP contribution in [-0.2, 0) is 0 Å². The third kappa shape index (κ3) is 2.93. The molecule has 0 unspecified atom stereocenters. The van der Waals surface area contributed by atoms with Gasteiger partial charge in [-0.15, -0.1) is 5.10 Å². The second kappa shape index (κ2) is 6.55. The fourth-order valence-electron chi connectivity index (χ4n) is 2.50. The average Bonchev–Trinajstić information content (AvgIpc) is 3.32. The molecule has 0 atom stereocenters. The van der Waals surface area contributed by atoms with Gasteiger partial charge >= 0.3 is 0 Å². The van der Waals surface area contributed by atoms with Gasteiger partial charge in [0.15, 0.2) is 12.2 Å². The Balaban J connectivity index is 1.62. The summed E-state index contributed by atoms with van der Waals surface area (Å²) in [6.07, 6.45) is 6.33. The van der Waals surface area contributed by atoms with Crippen LogP contribution in [0.4, 0.5) is 17.6 Å². The number of nitrogens with two attached hydrogens (primary N) is 1. The molecular weight excluding hydrogens is 334 g/mol. The highest BCUT2D eigenvalue weighted by molar-refractivity contribution is 5.70. The largest absolute Gasteiger partial charge is 0.496 e. The van der Waals surface area contributed by atoms with Crippen LogP contribution in [0.3, 0.4) is 0 Å². The van der Waals surface area contributed by atoms with E-state index in [0.717, 1.165) is 16.9 Å². The number of aromatic nitrogens is 5. The third-order valence-electron chi connectivity index (χ3n) is 3.69. The Morgan fingerprint density at radius 2 is 2.00 bits per heavy atom. The molecule has 1 aromatic carbocycles. The second-order valence-corrected chi connectivity index (χ2v) is 5.32. The van der Waals surface area contributed by atoms with Gasteiger partial charge in [0.2, 0.25) is 11.9 Å². The molecule has 130 valence electrons. The van der Waals surface area contributed by atoms with Crippen LogP contribution in [0.25, 0.3) is 17.0 Å². The topological polar surface area (TPSA) is 117 Å². The minimum Gasteiger partial charge on any atom is -0.496 e. The first-order valence-corrected chi connectivity index (χ1v) is 7.71. The van der Waals surface area contributed by atoms with Gasteiger partial charge in [-0.05, 0) is 24.3 Å². The zero-order valence-corrected chi connectivity index (χ0v) is 13.8. The number of benzene rings is 1. The van der Waals surface area contributed by atoms with Crippen molar-refractivity contribution in [2.75, 3.05) is 18.2 Å². The first-order valence-electron chi connectivity index (χ1n) is 7.71. The molecule has 3 heterocycles. The summed E-state index contributed by atoms with van der Waals surface area (Å²) in [6.45, 7) is 0. The molecule has 0 aliphatic heterocycles. The van der Waals surface area contributed by atoms with Gasteiger partial charge in [-0.2, -0.15) is 9.67 Å². The lowest BCUT2D eigenvalue weighted by atomic mass is 10.1. The van der Waals surface area contributed by atoms with Crippen molar-refractivity contribution in [3.8, 4) is 22.8 Å². The highest BCUT2D eigenvalue weighted by Gasteiger charge is 2.12. The highest BCUT2D eigenvalue weighted by Crippen LogP contribution is 2.33. The smallest absolute Gasteiger partial charge is 0.248 e. The number of nitrogens with zero attached hydrogens (tertiary/aromatic N) is 5. The van der Waals surface area contributed by atoms with Crippen molar-refractivity contribution in [2.45, 2.75) is 0 Å². The van der Waals surface area contributed by atoms with Crippen molar-refractivity contribution >= 4 is 17.6 Å². The molecule has 26 heavy (non-hydrogen) atoms. The number of ether oxygens (including phenoxy) is 1. The van der Waals surface area contributed by atoms with Crippen molar-refractivity contribution in [3.05, 3.63) is 55.3 Å². The van der Waals surface area contributed by atoms with E-state index in [1.165, 1.54) is 11.1 Å². The van der Waals surface area contributed by atoms with Crippen LogP contribution in [0, 0.1) is 0 Å². The number of hydrogen-bond donors (Lipinski definition) is 2. The number of oxazole rings is 1. The van der Waals surface area contributed by atoms with Crippen LogP contribution < -0.4 is 15.8 Å². The van der Waals surface area contributed by atoms with Gasteiger partial charge in [-0.25, -0.2) is 4.98 Å². The maximum absolute atomic E-state index is 5.96. The quantitative estimate of drug-likeness (QED) is 0.565. The molecule has 3 N–H and O–H groups in total. The summed E-state index contributed by atoms with van der Waals surface area (Å²) in [5.74, 6) is 1.89. The van der Waals surface area contributed by atoms with Gasteiger partial charge in [0.25, 0.3) is 0 Å². The molecule has 0 amide bonds. The third-order valence-corrected chi connectivity index (χ3v) is 3.69. The molecule has 0 bridgehead atoms. The van der Waals surface area contributed by atoms with Crippen LogP contribution in [0.1, 0.15) is 0 Å². The SMILES string of the molecule is COc1cc(Nc2nc(N)n(-c3ccncc3)n2)ccc1-c1cnco1. The fourth-order valence-corrected chi connectivity index (χ4v) is 2.50. The predicted molar refractivity (Wildman–Crippen MR) is 95.3 cm³/mol.